The highest BCUT2D eigenvalue weighted by Gasteiger charge is 2.40. The fourth-order valence-electron chi connectivity index (χ4n) is 8.23. The monoisotopic (exact) mass is 739 g/mol. The lowest BCUT2D eigenvalue weighted by Gasteiger charge is -2.39. The van der Waals surface area contributed by atoms with E-state index >= 15 is 0 Å². The number of hydrogen-bond acceptors (Lipinski definition) is 5. The van der Waals surface area contributed by atoms with Gasteiger partial charge in [-0.15, -0.1) is 0 Å². The van der Waals surface area contributed by atoms with E-state index in [0.29, 0.717) is 5.75 Å². The van der Waals surface area contributed by atoms with Crippen molar-refractivity contribution in [3.63, 3.8) is 0 Å². The minimum atomic E-state index is -2.08. The van der Waals surface area contributed by atoms with E-state index in [1.165, 1.54) is 30.5 Å². The molecule has 4 nitrogen and oxygen atoms in total. The number of rotatable bonds is 4. The normalized spacial score (nSPS) is 15.1. The number of benzene rings is 7. The molecule has 0 atom stereocenters. The van der Waals surface area contributed by atoms with E-state index in [-0.39, 0.29) is 0 Å². The molecular formula is C46H37NO3SSi2. The van der Waals surface area contributed by atoms with Crippen LogP contribution in [0.1, 0.15) is 0 Å². The Morgan fingerprint density at radius 1 is 0.434 bits per heavy atom. The van der Waals surface area contributed by atoms with Crippen LogP contribution in [0, 0.1) is 0 Å². The summed E-state index contributed by atoms with van der Waals surface area (Å²) < 4.78 is 19.7. The van der Waals surface area contributed by atoms with E-state index in [9.17, 15) is 0 Å². The fourth-order valence-corrected chi connectivity index (χ4v) is 16.6. The van der Waals surface area contributed by atoms with Gasteiger partial charge in [0.15, 0.2) is 28.7 Å². The number of ether oxygens (including phenoxy) is 3. The molecule has 7 aromatic rings. The lowest BCUT2D eigenvalue weighted by atomic mass is 10.0. The summed E-state index contributed by atoms with van der Waals surface area (Å²) >= 11 is 1.90. The van der Waals surface area contributed by atoms with E-state index in [2.05, 4.69) is 146 Å². The molecule has 0 aliphatic carbocycles. The predicted octanol–water partition coefficient (Wildman–Crippen LogP) is 10.9. The Morgan fingerprint density at radius 3 is 1.79 bits per heavy atom. The van der Waals surface area contributed by atoms with Gasteiger partial charge in [-0.05, 0) is 80.9 Å². The lowest BCUT2D eigenvalue weighted by Crippen LogP contribution is -2.56. The van der Waals surface area contributed by atoms with Crippen LogP contribution in [0.4, 0.5) is 17.1 Å². The highest BCUT2D eigenvalue weighted by Crippen LogP contribution is 2.51. The second-order valence-electron chi connectivity index (χ2n) is 14.9. The Morgan fingerprint density at radius 2 is 1.00 bits per heavy atom. The number of para-hydroxylation sites is 5. The van der Waals surface area contributed by atoms with Crippen molar-refractivity contribution in [1.82, 2.24) is 0 Å². The molecule has 0 amide bonds. The first-order valence-corrected chi connectivity index (χ1v) is 24.9. The van der Waals surface area contributed by atoms with Gasteiger partial charge in [0.25, 0.3) is 0 Å². The van der Waals surface area contributed by atoms with Crippen molar-refractivity contribution in [2.75, 3.05) is 4.90 Å². The number of nitrogens with zero attached hydrogens (tertiary/aromatic N) is 1. The lowest BCUT2D eigenvalue weighted by molar-refractivity contribution is 0.361. The van der Waals surface area contributed by atoms with Crippen molar-refractivity contribution in [2.24, 2.45) is 0 Å². The van der Waals surface area contributed by atoms with Crippen molar-refractivity contribution >= 4 is 65.7 Å². The summed E-state index contributed by atoms with van der Waals surface area (Å²) in [6.07, 6.45) is 0. The molecule has 3 heterocycles. The maximum Gasteiger partial charge on any atom is 0.177 e. The molecule has 3 aliphatic rings. The van der Waals surface area contributed by atoms with Crippen LogP contribution >= 0.6 is 11.8 Å². The summed E-state index contributed by atoms with van der Waals surface area (Å²) in [5, 5.41) is 5.59. The highest BCUT2D eigenvalue weighted by atomic mass is 32.2. The molecule has 0 fully saturated rings. The molecule has 0 aromatic heterocycles. The average molecular weight is 740 g/mol. The van der Waals surface area contributed by atoms with Crippen LogP contribution in [0.2, 0.25) is 26.2 Å². The Balaban J connectivity index is 1.15. The first-order chi connectivity index (χ1) is 25.8. The van der Waals surface area contributed by atoms with E-state index in [1.54, 1.807) is 0 Å². The van der Waals surface area contributed by atoms with Crippen molar-refractivity contribution in [2.45, 2.75) is 36.0 Å². The second kappa shape index (κ2) is 12.0. The van der Waals surface area contributed by atoms with Gasteiger partial charge < -0.3 is 19.1 Å². The zero-order valence-electron chi connectivity index (χ0n) is 30.0. The highest BCUT2D eigenvalue weighted by molar-refractivity contribution is 8.00. The Hall–Kier alpha value is -5.48. The minimum Gasteiger partial charge on any atom is -0.455 e. The number of anilines is 3. The van der Waals surface area contributed by atoms with Gasteiger partial charge in [0, 0.05) is 21.0 Å². The van der Waals surface area contributed by atoms with Crippen LogP contribution in [-0.2, 0) is 0 Å². The van der Waals surface area contributed by atoms with Crippen molar-refractivity contribution < 1.29 is 14.2 Å². The van der Waals surface area contributed by atoms with Gasteiger partial charge in [0.05, 0.1) is 11.4 Å². The second-order valence-corrected chi connectivity index (χ2v) is 24.6. The van der Waals surface area contributed by atoms with Gasteiger partial charge in [-0.1, -0.05) is 135 Å². The average Bonchev–Trinajstić information content (AvgIpc) is 3.18. The SMILES string of the molecule is C[Si]1(C)c2ccccc2Oc2c(N(c3ccc(-c4cccc5c4Oc4ccccc4O5)cc3)c3cccc4c3Sc3ccccc3[Si]4(C)C)cccc21. The zero-order chi connectivity index (χ0) is 35.9. The van der Waals surface area contributed by atoms with Gasteiger partial charge in [0.1, 0.15) is 21.9 Å². The van der Waals surface area contributed by atoms with Crippen LogP contribution in [-0.4, -0.2) is 16.1 Å². The summed E-state index contributed by atoms with van der Waals surface area (Å²) in [5.41, 5.74) is 5.30. The quantitative estimate of drug-likeness (QED) is 0.168. The van der Waals surface area contributed by atoms with E-state index < -0.39 is 16.1 Å². The van der Waals surface area contributed by atoms with E-state index in [0.717, 1.165) is 56.9 Å². The fraction of sp³-hybridized carbons (Fsp3) is 0.0870. The Bertz CT molecular complexity index is 2490. The Kier molecular flexibility index (Phi) is 7.31. The number of fused-ring (bicyclic) bond motifs is 6. The summed E-state index contributed by atoms with van der Waals surface area (Å²) in [6.45, 7) is 9.84. The third-order valence-electron chi connectivity index (χ3n) is 11.1. The molecule has 0 radical (unpaired) electrons. The van der Waals surface area contributed by atoms with Crippen molar-refractivity contribution in [3.8, 4) is 45.6 Å². The molecule has 10 rings (SSSR count). The minimum absolute atomic E-state index is 0.715. The van der Waals surface area contributed by atoms with E-state index in [4.69, 9.17) is 14.2 Å². The van der Waals surface area contributed by atoms with Gasteiger partial charge in [-0.2, -0.15) is 0 Å². The molecular weight excluding hydrogens is 703 g/mol. The molecule has 0 N–H and O–H groups in total. The Labute approximate surface area is 316 Å². The molecule has 7 aromatic carbocycles. The number of hydrogen-bond donors (Lipinski definition) is 0. The molecule has 0 unspecified atom stereocenters. The molecule has 0 bridgehead atoms. The topological polar surface area (TPSA) is 30.9 Å². The summed E-state index contributed by atoms with van der Waals surface area (Å²) in [4.78, 5) is 5.10. The van der Waals surface area contributed by atoms with Crippen LogP contribution in [0.25, 0.3) is 11.1 Å². The molecule has 258 valence electrons. The first-order valence-electron chi connectivity index (χ1n) is 18.1. The molecule has 53 heavy (non-hydrogen) atoms. The molecule has 0 saturated carbocycles. The zero-order valence-corrected chi connectivity index (χ0v) is 32.8. The van der Waals surface area contributed by atoms with Gasteiger partial charge in [-0.25, -0.2) is 0 Å². The standard InChI is InChI=1S/C46H37NO3SSi2/c1-52(2)40-22-9-7-19-37(40)50-45-33(15-12-24-42(45)52)47(34-16-13-25-43-46(34)51-39-21-8-10-23-41(39)53(43,3)4)31-28-26-30(27-29-31)32-14-11-20-38-44(32)49-36-18-6-5-17-35(36)48-38/h5-29H,1-4H3. The van der Waals surface area contributed by atoms with Crippen molar-refractivity contribution in [1.29, 1.82) is 0 Å². The van der Waals surface area contributed by atoms with Crippen LogP contribution < -0.4 is 39.9 Å². The maximum absolute atomic E-state index is 6.96. The molecule has 3 aliphatic heterocycles. The van der Waals surface area contributed by atoms with Crippen LogP contribution in [0.15, 0.2) is 161 Å². The smallest absolute Gasteiger partial charge is 0.177 e. The van der Waals surface area contributed by atoms with Gasteiger partial charge in [-0.3, -0.25) is 0 Å². The summed E-state index contributed by atoms with van der Waals surface area (Å²) in [6, 6.07) is 53.9. The summed E-state index contributed by atoms with van der Waals surface area (Å²) in [7, 11) is -4.08. The largest absolute Gasteiger partial charge is 0.455 e. The summed E-state index contributed by atoms with van der Waals surface area (Å²) in [5.74, 6) is 4.80. The molecule has 0 spiro atoms. The van der Waals surface area contributed by atoms with Gasteiger partial charge >= 0.3 is 0 Å². The van der Waals surface area contributed by atoms with Crippen molar-refractivity contribution in [3.05, 3.63) is 152 Å². The molecule has 0 saturated heterocycles. The third-order valence-corrected chi connectivity index (χ3v) is 19.7. The van der Waals surface area contributed by atoms with Crippen LogP contribution in [0.3, 0.4) is 0 Å². The predicted molar refractivity (Wildman–Crippen MR) is 224 cm³/mol. The first kappa shape index (κ1) is 32.2. The maximum atomic E-state index is 6.96. The molecule has 7 heteroatoms. The van der Waals surface area contributed by atoms with E-state index in [1.807, 2.05) is 48.2 Å². The van der Waals surface area contributed by atoms with Gasteiger partial charge in [0.2, 0.25) is 0 Å². The third kappa shape index (κ3) is 5.02. The van der Waals surface area contributed by atoms with Crippen LogP contribution in [0.5, 0.6) is 34.5 Å².